The highest BCUT2D eigenvalue weighted by molar-refractivity contribution is 6.16. The Morgan fingerprint density at radius 3 is 3.00 bits per heavy atom. The van der Waals surface area contributed by atoms with E-state index in [0.717, 1.165) is 11.5 Å². The van der Waals surface area contributed by atoms with E-state index in [1.54, 1.807) is 24.2 Å². The number of nitrogens with zero attached hydrogens (tertiary/aromatic N) is 3. The van der Waals surface area contributed by atoms with Crippen LogP contribution in [-0.2, 0) is 5.88 Å². The number of ether oxygens (including phenoxy) is 1. The molecule has 2 heterocycles. The molecular weight excluding hydrogens is 214 g/mol. The first-order valence-electron chi connectivity index (χ1n) is 4.44. The number of methoxy groups -OCH3 is 1. The molecule has 0 spiro atoms. The highest BCUT2D eigenvalue weighted by Gasteiger charge is 2.02. The maximum atomic E-state index is 5.70. The predicted molar refractivity (Wildman–Crippen MR) is 57.5 cm³/mol. The van der Waals surface area contributed by atoms with Gasteiger partial charge in [-0.2, -0.15) is 5.10 Å². The van der Waals surface area contributed by atoms with Gasteiger partial charge in [0, 0.05) is 0 Å². The summed E-state index contributed by atoms with van der Waals surface area (Å²) in [5, 5.41) is 4.12. The molecule has 15 heavy (non-hydrogen) atoms. The normalized spacial score (nSPS) is 10.3. The van der Waals surface area contributed by atoms with Crippen LogP contribution in [0, 0.1) is 0 Å². The van der Waals surface area contributed by atoms with Crippen LogP contribution in [0.4, 0.5) is 0 Å². The molecule has 4 nitrogen and oxygen atoms in total. The molecule has 0 fully saturated rings. The number of alkyl halides is 1. The van der Waals surface area contributed by atoms with Gasteiger partial charge in [0.2, 0.25) is 0 Å². The van der Waals surface area contributed by atoms with E-state index in [1.165, 1.54) is 0 Å². The Hall–Kier alpha value is -1.55. The smallest absolute Gasteiger partial charge is 0.157 e. The van der Waals surface area contributed by atoms with Crippen LogP contribution in [0.25, 0.3) is 5.82 Å². The zero-order chi connectivity index (χ0) is 10.7. The average Bonchev–Trinajstić information content (AvgIpc) is 2.78. The third kappa shape index (κ3) is 2.10. The number of hydrogen-bond donors (Lipinski definition) is 0. The van der Waals surface area contributed by atoms with Crippen LogP contribution < -0.4 is 4.74 Å². The summed E-state index contributed by atoms with van der Waals surface area (Å²) in [7, 11) is 1.60. The lowest BCUT2D eigenvalue weighted by Crippen LogP contribution is -1.99. The van der Waals surface area contributed by atoms with Crippen molar-refractivity contribution in [2.45, 2.75) is 5.88 Å². The van der Waals surface area contributed by atoms with Crippen molar-refractivity contribution in [3.8, 4) is 11.6 Å². The highest BCUT2D eigenvalue weighted by Crippen LogP contribution is 2.12. The van der Waals surface area contributed by atoms with Crippen molar-refractivity contribution in [2.75, 3.05) is 7.11 Å². The lowest BCUT2D eigenvalue weighted by molar-refractivity contribution is 0.414. The van der Waals surface area contributed by atoms with Crippen LogP contribution in [-0.4, -0.2) is 21.9 Å². The standard InChI is InChI=1S/C10H10ClN3O/c1-15-9-6-12-14(7-9)10-4-2-3-8(5-11)13-10/h2-4,6-7H,5H2,1H3. The highest BCUT2D eigenvalue weighted by atomic mass is 35.5. The molecule has 0 aromatic carbocycles. The third-order valence-electron chi connectivity index (χ3n) is 1.96. The van der Waals surface area contributed by atoms with Gasteiger partial charge >= 0.3 is 0 Å². The van der Waals surface area contributed by atoms with Crippen LogP contribution in [0.5, 0.6) is 5.75 Å². The summed E-state index contributed by atoms with van der Waals surface area (Å²) in [6.07, 6.45) is 3.40. The molecule has 0 aliphatic heterocycles. The minimum atomic E-state index is 0.395. The third-order valence-corrected chi connectivity index (χ3v) is 2.23. The second kappa shape index (κ2) is 4.31. The van der Waals surface area contributed by atoms with Gasteiger partial charge in [0.25, 0.3) is 0 Å². The van der Waals surface area contributed by atoms with Crippen LogP contribution in [0.2, 0.25) is 0 Å². The van der Waals surface area contributed by atoms with E-state index in [9.17, 15) is 0 Å². The molecule has 0 aliphatic carbocycles. The number of aromatic nitrogens is 3. The van der Waals surface area contributed by atoms with Crippen LogP contribution in [0.15, 0.2) is 30.6 Å². The maximum absolute atomic E-state index is 5.70. The summed E-state index contributed by atoms with van der Waals surface area (Å²) < 4.78 is 6.68. The van der Waals surface area contributed by atoms with Crippen molar-refractivity contribution in [1.82, 2.24) is 14.8 Å². The van der Waals surface area contributed by atoms with Gasteiger partial charge in [-0.15, -0.1) is 11.6 Å². The Labute approximate surface area is 92.5 Å². The quantitative estimate of drug-likeness (QED) is 0.748. The number of rotatable bonds is 3. The molecule has 0 saturated carbocycles. The summed E-state index contributed by atoms with van der Waals surface area (Å²) >= 11 is 5.70. The maximum Gasteiger partial charge on any atom is 0.157 e. The summed E-state index contributed by atoms with van der Waals surface area (Å²) in [5.74, 6) is 1.83. The van der Waals surface area contributed by atoms with E-state index in [4.69, 9.17) is 16.3 Å². The second-order valence-electron chi connectivity index (χ2n) is 2.95. The first-order chi connectivity index (χ1) is 7.33. The Bertz CT molecular complexity index is 455. The molecule has 2 aromatic rings. The molecule has 0 amide bonds. The van der Waals surface area contributed by atoms with Crippen LogP contribution in [0.3, 0.4) is 0 Å². The number of hydrogen-bond acceptors (Lipinski definition) is 3. The molecule has 0 N–H and O–H groups in total. The Morgan fingerprint density at radius 2 is 2.33 bits per heavy atom. The van der Waals surface area contributed by atoms with Gasteiger partial charge < -0.3 is 4.74 Å². The van der Waals surface area contributed by atoms with Crippen molar-refractivity contribution in [3.63, 3.8) is 0 Å². The fraction of sp³-hybridized carbons (Fsp3) is 0.200. The molecule has 0 aliphatic rings. The molecule has 0 unspecified atom stereocenters. The first-order valence-corrected chi connectivity index (χ1v) is 4.98. The number of halogens is 1. The minimum Gasteiger partial charge on any atom is -0.493 e. The molecule has 0 radical (unpaired) electrons. The molecule has 2 aromatic heterocycles. The largest absolute Gasteiger partial charge is 0.493 e. The number of pyridine rings is 1. The zero-order valence-electron chi connectivity index (χ0n) is 8.22. The van der Waals surface area contributed by atoms with Crippen molar-refractivity contribution in [3.05, 3.63) is 36.3 Å². The van der Waals surface area contributed by atoms with E-state index >= 15 is 0 Å². The first kappa shape index (κ1) is 9.98. The molecular formula is C10H10ClN3O. The summed E-state index contributed by atoms with van der Waals surface area (Å²) in [6, 6.07) is 5.63. The zero-order valence-corrected chi connectivity index (χ0v) is 8.98. The van der Waals surface area contributed by atoms with Gasteiger partial charge in [-0.25, -0.2) is 9.67 Å². The van der Waals surface area contributed by atoms with Gasteiger partial charge in [0.15, 0.2) is 11.6 Å². The predicted octanol–water partition coefficient (Wildman–Crippen LogP) is 2.01. The minimum absolute atomic E-state index is 0.395. The van der Waals surface area contributed by atoms with Crippen LogP contribution in [0.1, 0.15) is 5.69 Å². The summed E-state index contributed by atoms with van der Waals surface area (Å²) in [6.45, 7) is 0. The molecule has 0 atom stereocenters. The van der Waals surface area contributed by atoms with Crippen LogP contribution >= 0.6 is 11.6 Å². The second-order valence-corrected chi connectivity index (χ2v) is 3.21. The lowest BCUT2D eigenvalue weighted by atomic mass is 10.4. The SMILES string of the molecule is COc1cnn(-c2cccc(CCl)n2)c1. The van der Waals surface area contributed by atoms with E-state index in [0.29, 0.717) is 11.6 Å². The Kier molecular flexibility index (Phi) is 2.87. The molecule has 78 valence electrons. The van der Waals surface area contributed by atoms with Gasteiger partial charge in [-0.3, -0.25) is 0 Å². The fourth-order valence-corrected chi connectivity index (χ4v) is 1.35. The van der Waals surface area contributed by atoms with E-state index in [1.807, 2.05) is 18.2 Å². The summed E-state index contributed by atoms with van der Waals surface area (Å²) in [4.78, 5) is 4.32. The van der Waals surface area contributed by atoms with Crippen molar-refractivity contribution < 1.29 is 4.74 Å². The van der Waals surface area contributed by atoms with Gasteiger partial charge in [-0.1, -0.05) is 6.07 Å². The molecule has 0 bridgehead atoms. The monoisotopic (exact) mass is 223 g/mol. The van der Waals surface area contributed by atoms with Crippen molar-refractivity contribution in [2.24, 2.45) is 0 Å². The molecule has 5 heteroatoms. The topological polar surface area (TPSA) is 39.9 Å². The lowest BCUT2D eigenvalue weighted by Gasteiger charge is -2.01. The molecule has 2 rings (SSSR count). The van der Waals surface area contributed by atoms with E-state index in [2.05, 4.69) is 10.1 Å². The van der Waals surface area contributed by atoms with Crippen molar-refractivity contribution in [1.29, 1.82) is 0 Å². The van der Waals surface area contributed by atoms with Gasteiger partial charge in [0.1, 0.15) is 0 Å². The average molecular weight is 224 g/mol. The van der Waals surface area contributed by atoms with E-state index in [-0.39, 0.29) is 0 Å². The Balaban J connectivity index is 2.35. The van der Waals surface area contributed by atoms with E-state index < -0.39 is 0 Å². The fourth-order valence-electron chi connectivity index (χ4n) is 1.21. The molecule has 0 saturated heterocycles. The van der Waals surface area contributed by atoms with Gasteiger partial charge in [-0.05, 0) is 12.1 Å². The van der Waals surface area contributed by atoms with Gasteiger partial charge in [0.05, 0.1) is 31.1 Å². The van der Waals surface area contributed by atoms with Crippen molar-refractivity contribution >= 4 is 11.6 Å². The summed E-state index contributed by atoms with van der Waals surface area (Å²) in [5.41, 5.74) is 0.823. The Morgan fingerprint density at radius 1 is 1.47 bits per heavy atom.